The standard InChI is InChI=1S/C14H22N4O/c1-2-11-6-4-3-5-9-18(11)14(19)13-15-12(16-17-13)10-7-8-10/h10-11H,2-9H2,1H3,(H,15,16,17). The van der Waals surface area contributed by atoms with Gasteiger partial charge in [0.2, 0.25) is 5.82 Å². The molecule has 1 saturated heterocycles. The van der Waals surface area contributed by atoms with E-state index in [1.165, 1.54) is 25.7 Å². The number of carbonyl (C=O) groups excluding carboxylic acids is 1. The lowest BCUT2D eigenvalue weighted by atomic mass is 10.1. The van der Waals surface area contributed by atoms with Crippen molar-refractivity contribution in [1.29, 1.82) is 0 Å². The van der Waals surface area contributed by atoms with Gasteiger partial charge in [-0.05, 0) is 32.1 Å². The number of H-pyrrole nitrogens is 1. The molecule has 1 saturated carbocycles. The normalized spacial score (nSPS) is 24.3. The number of nitrogens with zero attached hydrogens (tertiary/aromatic N) is 3. The second-order valence-electron chi connectivity index (χ2n) is 5.73. The lowest BCUT2D eigenvalue weighted by Gasteiger charge is -2.28. The molecule has 5 heteroatoms. The number of carbonyl (C=O) groups is 1. The van der Waals surface area contributed by atoms with E-state index < -0.39 is 0 Å². The Hall–Kier alpha value is -1.39. The van der Waals surface area contributed by atoms with E-state index in [1.807, 2.05) is 4.90 Å². The molecule has 0 bridgehead atoms. The van der Waals surface area contributed by atoms with Gasteiger partial charge < -0.3 is 4.90 Å². The summed E-state index contributed by atoms with van der Waals surface area (Å²) in [5, 5.41) is 7.05. The fourth-order valence-electron chi connectivity index (χ4n) is 2.91. The third-order valence-electron chi connectivity index (χ3n) is 4.27. The molecule has 2 heterocycles. The smallest absolute Gasteiger partial charge is 0.293 e. The van der Waals surface area contributed by atoms with Crippen LogP contribution in [-0.4, -0.2) is 38.6 Å². The molecule has 1 aliphatic carbocycles. The van der Waals surface area contributed by atoms with Crippen LogP contribution >= 0.6 is 0 Å². The highest BCUT2D eigenvalue weighted by molar-refractivity contribution is 5.90. The predicted molar refractivity (Wildman–Crippen MR) is 71.9 cm³/mol. The van der Waals surface area contributed by atoms with Crippen molar-refractivity contribution in [3.63, 3.8) is 0 Å². The van der Waals surface area contributed by atoms with E-state index in [0.29, 0.717) is 17.8 Å². The number of rotatable bonds is 3. The fourth-order valence-corrected chi connectivity index (χ4v) is 2.91. The maximum atomic E-state index is 12.6. The van der Waals surface area contributed by atoms with Crippen molar-refractivity contribution >= 4 is 5.91 Å². The highest BCUT2D eigenvalue weighted by atomic mass is 16.2. The number of nitrogens with one attached hydrogen (secondary N) is 1. The average Bonchev–Trinajstić information content (AvgIpc) is 3.21. The molecule has 19 heavy (non-hydrogen) atoms. The van der Waals surface area contributed by atoms with Crippen LogP contribution in [0.25, 0.3) is 0 Å². The van der Waals surface area contributed by atoms with Crippen LogP contribution in [0.5, 0.6) is 0 Å². The van der Waals surface area contributed by atoms with Gasteiger partial charge >= 0.3 is 0 Å². The third kappa shape index (κ3) is 2.65. The molecular weight excluding hydrogens is 240 g/mol. The number of hydrogen-bond donors (Lipinski definition) is 1. The zero-order valence-electron chi connectivity index (χ0n) is 11.6. The van der Waals surface area contributed by atoms with Crippen LogP contribution < -0.4 is 0 Å². The van der Waals surface area contributed by atoms with E-state index in [9.17, 15) is 4.79 Å². The van der Waals surface area contributed by atoms with Gasteiger partial charge in [0.25, 0.3) is 5.91 Å². The van der Waals surface area contributed by atoms with E-state index >= 15 is 0 Å². The summed E-state index contributed by atoms with van der Waals surface area (Å²) in [6.07, 6.45) is 8.02. The summed E-state index contributed by atoms with van der Waals surface area (Å²) in [5.41, 5.74) is 0. The molecule has 1 aromatic rings. The second kappa shape index (κ2) is 5.31. The molecule has 0 spiro atoms. The molecule has 0 radical (unpaired) electrons. The van der Waals surface area contributed by atoms with Crippen molar-refractivity contribution in [2.24, 2.45) is 0 Å². The van der Waals surface area contributed by atoms with E-state index in [4.69, 9.17) is 0 Å². The molecule has 2 fully saturated rings. The number of likely N-dealkylation sites (tertiary alicyclic amines) is 1. The first-order valence-electron chi connectivity index (χ1n) is 7.53. The number of hydrogen-bond acceptors (Lipinski definition) is 3. The Labute approximate surface area is 113 Å². The maximum Gasteiger partial charge on any atom is 0.293 e. The van der Waals surface area contributed by atoms with Crippen molar-refractivity contribution in [2.75, 3.05) is 6.54 Å². The van der Waals surface area contributed by atoms with Crippen molar-refractivity contribution in [2.45, 2.75) is 63.8 Å². The minimum absolute atomic E-state index is 0.0110. The van der Waals surface area contributed by atoms with Gasteiger partial charge in [-0.25, -0.2) is 4.98 Å². The van der Waals surface area contributed by atoms with E-state index in [1.54, 1.807) is 0 Å². The first-order valence-corrected chi connectivity index (χ1v) is 7.53. The summed E-state index contributed by atoms with van der Waals surface area (Å²) in [6.45, 7) is 3.01. The van der Waals surface area contributed by atoms with Crippen molar-refractivity contribution in [1.82, 2.24) is 20.1 Å². The molecule has 1 unspecified atom stereocenters. The number of aromatic amines is 1. The highest BCUT2D eigenvalue weighted by Crippen LogP contribution is 2.37. The highest BCUT2D eigenvalue weighted by Gasteiger charge is 2.31. The summed E-state index contributed by atoms with van der Waals surface area (Å²) in [4.78, 5) is 18.9. The quantitative estimate of drug-likeness (QED) is 0.910. The molecule has 1 atom stereocenters. The average molecular weight is 262 g/mol. The Balaban J connectivity index is 1.75. The third-order valence-corrected chi connectivity index (χ3v) is 4.27. The SMILES string of the molecule is CCC1CCCCCN1C(=O)c1n[nH]c(C2CC2)n1. The zero-order chi connectivity index (χ0) is 13.2. The van der Waals surface area contributed by atoms with Crippen molar-refractivity contribution < 1.29 is 4.79 Å². The van der Waals surface area contributed by atoms with Gasteiger partial charge in [-0.2, -0.15) is 0 Å². The minimum atomic E-state index is 0.0110. The van der Waals surface area contributed by atoms with E-state index in [0.717, 1.165) is 31.6 Å². The minimum Gasteiger partial charge on any atom is -0.333 e. The van der Waals surface area contributed by atoms with Crippen LogP contribution in [0.4, 0.5) is 0 Å². The monoisotopic (exact) mass is 262 g/mol. The van der Waals surface area contributed by atoms with Crippen LogP contribution in [0.2, 0.25) is 0 Å². The summed E-state index contributed by atoms with van der Waals surface area (Å²) >= 11 is 0. The zero-order valence-corrected chi connectivity index (χ0v) is 11.6. The molecule has 1 aromatic heterocycles. The summed E-state index contributed by atoms with van der Waals surface area (Å²) in [7, 11) is 0. The molecule has 1 aliphatic heterocycles. The molecular formula is C14H22N4O. The lowest BCUT2D eigenvalue weighted by Crippen LogP contribution is -2.40. The fraction of sp³-hybridized carbons (Fsp3) is 0.786. The Morgan fingerprint density at radius 3 is 2.89 bits per heavy atom. The molecule has 1 N–H and O–H groups in total. The van der Waals surface area contributed by atoms with Gasteiger partial charge in [-0.15, -0.1) is 5.10 Å². The Morgan fingerprint density at radius 1 is 1.32 bits per heavy atom. The second-order valence-corrected chi connectivity index (χ2v) is 5.73. The maximum absolute atomic E-state index is 12.6. The largest absolute Gasteiger partial charge is 0.333 e. The van der Waals surface area contributed by atoms with E-state index in [2.05, 4.69) is 22.1 Å². The van der Waals surface area contributed by atoms with Gasteiger partial charge in [0, 0.05) is 18.5 Å². The lowest BCUT2D eigenvalue weighted by molar-refractivity contribution is 0.0666. The van der Waals surface area contributed by atoms with Gasteiger partial charge in [0.1, 0.15) is 5.82 Å². The van der Waals surface area contributed by atoms with Crippen LogP contribution in [-0.2, 0) is 0 Å². The van der Waals surface area contributed by atoms with Crippen LogP contribution in [0, 0.1) is 0 Å². The molecule has 2 aliphatic rings. The van der Waals surface area contributed by atoms with E-state index in [-0.39, 0.29) is 5.91 Å². The first-order chi connectivity index (χ1) is 9.29. The van der Waals surface area contributed by atoms with Gasteiger partial charge in [0.15, 0.2) is 0 Å². The van der Waals surface area contributed by atoms with Gasteiger partial charge in [0.05, 0.1) is 0 Å². The predicted octanol–water partition coefficient (Wildman–Crippen LogP) is 2.48. The molecule has 0 aromatic carbocycles. The Bertz CT molecular complexity index is 452. The number of aromatic nitrogens is 3. The summed E-state index contributed by atoms with van der Waals surface area (Å²) < 4.78 is 0. The topological polar surface area (TPSA) is 61.9 Å². The molecule has 1 amide bonds. The molecule has 5 nitrogen and oxygen atoms in total. The Kier molecular flexibility index (Phi) is 3.53. The van der Waals surface area contributed by atoms with Gasteiger partial charge in [-0.1, -0.05) is 19.8 Å². The van der Waals surface area contributed by atoms with Crippen LogP contribution in [0.3, 0.4) is 0 Å². The first kappa shape index (κ1) is 12.6. The Morgan fingerprint density at radius 2 is 2.16 bits per heavy atom. The van der Waals surface area contributed by atoms with Crippen LogP contribution in [0.1, 0.15) is 74.2 Å². The molecule has 3 rings (SSSR count). The molecule has 104 valence electrons. The van der Waals surface area contributed by atoms with Gasteiger partial charge in [-0.3, -0.25) is 9.89 Å². The van der Waals surface area contributed by atoms with Crippen LogP contribution in [0.15, 0.2) is 0 Å². The summed E-state index contributed by atoms with van der Waals surface area (Å²) in [6, 6.07) is 0.359. The number of amides is 1. The summed E-state index contributed by atoms with van der Waals surface area (Å²) in [5.74, 6) is 1.78. The van der Waals surface area contributed by atoms with Crippen molar-refractivity contribution in [3.8, 4) is 0 Å². The van der Waals surface area contributed by atoms with Crippen molar-refractivity contribution in [3.05, 3.63) is 11.6 Å².